The van der Waals surface area contributed by atoms with Crippen LogP contribution >= 0.6 is 0 Å². The number of hydrogen-bond donors (Lipinski definition) is 2. The van der Waals surface area contributed by atoms with Crippen LogP contribution in [-0.4, -0.2) is 31.9 Å². The first-order valence-corrected chi connectivity index (χ1v) is 6.52. The van der Waals surface area contributed by atoms with Gasteiger partial charge in [0.15, 0.2) is 0 Å². The minimum absolute atomic E-state index is 0.261. The van der Waals surface area contributed by atoms with Crippen LogP contribution < -0.4 is 10.6 Å². The van der Waals surface area contributed by atoms with E-state index in [2.05, 4.69) is 49.9 Å². The molecule has 0 atom stereocenters. The molecule has 8 heteroatoms. The van der Waals surface area contributed by atoms with Crippen molar-refractivity contribution in [1.29, 1.82) is 0 Å². The van der Waals surface area contributed by atoms with Crippen LogP contribution in [0, 0.1) is 19.8 Å². The lowest BCUT2D eigenvalue weighted by molar-refractivity contribution is 0.460. The number of rotatable bonds is 6. The van der Waals surface area contributed by atoms with Crippen LogP contribution in [0.15, 0.2) is 4.42 Å². The van der Waals surface area contributed by atoms with Crippen LogP contribution in [0.4, 0.5) is 12.0 Å². The summed E-state index contributed by atoms with van der Waals surface area (Å²) in [5.41, 5.74) is 1.60. The molecular formula is C12H19N7O. The molecule has 0 amide bonds. The molecule has 0 aliphatic rings. The Morgan fingerprint density at radius 1 is 1.05 bits per heavy atom. The van der Waals surface area contributed by atoms with Gasteiger partial charge in [-0.05, 0) is 26.3 Å². The molecule has 0 radical (unpaired) electrons. The van der Waals surface area contributed by atoms with Gasteiger partial charge >= 0.3 is 6.01 Å². The molecule has 2 rings (SSSR count). The van der Waals surface area contributed by atoms with Crippen LogP contribution in [0.5, 0.6) is 0 Å². The molecule has 2 aromatic rings. The summed E-state index contributed by atoms with van der Waals surface area (Å²) in [5.74, 6) is 1.44. The van der Waals surface area contributed by atoms with Gasteiger partial charge in [0.05, 0.1) is 17.9 Å². The third-order valence-corrected chi connectivity index (χ3v) is 2.61. The van der Waals surface area contributed by atoms with Crippen LogP contribution in [0.3, 0.4) is 0 Å². The van der Waals surface area contributed by atoms with E-state index in [4.69, 9.17) is 4.42 Å². The maximum atomic E-state index is 5.44. The van der Waals surface area contributed by atoms with E-state index in [1.165, 1.54) is 0 Å². The van der Waals surface area contributed by atoms with Gasteiger partial charge in [-0.2, -0.15) is 5.10 Å². The average molecular weight is 277 g/mol. The Bertz CT molecular complexity index is 567. The summed E-state index contributed by atoms with van der Waals surface area (Å²) in [4.78, 5) is 4.23. The molecule has 0 aliphatic carbocycles. The first kappa shape index (κ1) is 14.3. The van der Waals surface area contributed by atoms with Gasteiger partial charge in [0, 0.05) is 0 Å². The molecule has 0 aromatic carbocycles. The molecule has 2 aromatic heterocycles. The number of nitrogens with zero attached hydrogens (tertiary/aromatic N) is 5. The number of nitrogens with one attached hydrogen (secondary N) is 2. The normalized spacial score (nSPS) is 11.1. The Hall–Kier alpha value is -2.09. The first-order valence-electron chi connectivity index (χ1n) is 6.52. The quantitative estimate of drug-likeness (QED) is 0.816. The zero-order valence-electron chi connectivity index (χ0n) is 12.1. The van der Waals surface area contributed by atoms with Crippen molar-refractivity contribution in [3.05, 3.63) is 17.3 Å². The molecule has 2 heterocycles. The summed E-state index contributed by atoms with van der Waals surface area (Å²) in [7, 11) is 0. The van der Waals surface area contributed by atoms with E-state index in [0.29, 0.717) is 24.3 Å². The number of hydrogen-bond acceptors (Lipinski definition) is 8. The second kappa shape index (κ2) is 6.38. The van der Waals surface area contributed by atoms with Gasteiger partial charge in [-0.25, -0.2) is 4.98 Å². The van der Waals surface area contributed by atoms with Crippen molar-refractivity contribution in [2.24, 2.45) is 5.92 Å². The van der Waals surface area contributed by atoms with E-state index in [0.717, 1.165) is 17.9 Å². The number of aryl methyl sites for hydroxylation is 2. The third-order valence-electron chi connectivity index (χ3n) is 2.61. The molecule has 0 fully saturated rings. The van der Waals surface area contributed by atoms with E-state index < -0.39 is 0 Å². The lowest BCUT2D eigenvalue weighted by Gasteiger charge is -2.03. The van der Waals surface area contributed by atoms with Gasteiger partial charge in [0.2, 0.25) is 5.89 Å². The zero-order valence-corrected chi connectivity index (χ0v) is 12.1. The SMILES string of the molecule is Cc1nnc(Nc2nnc(CNCC(C)C)o2)nc1C. The Kier molecular flexibility index (Phi) is 4.57. The monoisotopic (exact) mass is 277 g/mol. The van der Waals surface area contributed by atoms with Gasteiger partial charge in [0.25, 0.3) is 5.95 Å². The Morgan fingerprint density at radius 3 is 2.55 bits per heavy atom. The molecule has 0 spiro atoms. The lowest BCUT2D eigenvalue weighted by atomic mass is 10.2. The third kappa shape index (κ3) is 3.95. The van der Waals surface area contributed by atoms with Gasteiger partial charge in [-0.3, -0.25) is 5.32 Å². The predicted octanol–water partition coefficient (Wildman–Crippen LogP) is 1.36. The van der Waals surface area contributed by atoms with Crippen molar-refractivity contribution in [3.63, 3.8) is 0 Å². The van der Waals surface area contributed by atoms with Gasteiger partial charge in [-0.15, -0.1) is 10.2 Å². The second-order valence-electron chi connectivity index (χ2n) is 4.96. The van der Waals surface area contributed by atoms with Crippen molar-refractivity contribution in [2.75, 3.05) is 11.9 Å². The molecule has 0 saturated heterocycles. The first-order chi connectivity index (χ1) is 9.54. The average Bonchev–Trinajstić information content (AvgIpc) is 2.81. The topological polar surface area (TPSA) is 102 Å². The molecule has 0 bridgehead atoms. The van der Waals surface area contributed by atoms with Crippen molar-refractivity contribution in [1.82, 2.24) is 30.7 Å². The predicted molar refractivity (Wildman–Crippen MR) is 73.4 cm³/mol. The molecule has 0 aliphatic heterocycles. The van der Waals surface area contributed by atoms with Crippen molar-refractivity contribution < 1.29 is 4.42 Å². The zero-order chi connectivity index (χ0) is 14.5. The fourth-order valence-corrected chi connectivity index (χ4v) is 1.45. The largest absolute Gasteiger partial charge is 0.406 e. The molecule has 108 valence electrons. The van der Waals surface area contributed by atoms with Gasteiger partial charge < -0.3 is 9.73 Å². The van der Waals surface area contributed by atoms with E-state index in [1.54, 1.807) is 0 Å². The summed E-state index contributed by atoms with van der Waals surface area (Å²) in [6.45, 7) is 9.43. The minimum Gasteiger partial charge on any atom is -0.406 e. The van der Waals surface area contributed by atoms with Crippen molar-refractivity contribution in [3.8, 4) is 0 Å². The highest BCUT2D eigenvalue weighted by molar-refractivity contribution is 5.38. The van der Waals surface area contributed by atoms with E-state index in [9.17, 15) is 0 Å². The molecular weight excluding hydrogens is 258 g/mol. The highest BCUT2D eigenvalue weighted by Crippen LogP contribution is 2.11. The fourth-order valence-electron chi connectivity index (χ4n) is 1.45. The maximum Gasteiger partial charge on any atom is 0.322 e. The summed E-state index contributed by atoms with van der Waals surface area (Å²) in [5, 5.41) is 21.8. The van der Waals surface area contributed by atoms with Crippen LogP contribution in [0.2, 0.25) is 0 Å². The second-order valence-corrected chi connectivity index (χ2v) is 4.96. The number of anilines is 2. The highest BCUT2D eigenvalue weighted by atomic mass is 16.4. The fraction of sp³-hybridized carbons (Fsp3) is 0.583. The molecule has 0 unspecified atom stereocenters. The Balaban J connectivity index is 1.93. The van der Waals surface area contributed by atoms with E-state index in [-0.39, 0.29) is 6.01 Å². The van der Waals surface area contributed by atoms with Crippen LogP contribution in [0.25, 0.3) is 0 Å². The molecule has 2 N–H and O–H groups in total. The van der Waals surface area contributed by atoms with Crippen molar-refractivity contribution >= 4 is 12.0 Å². The maximum absolute atomic E-state index is 5.44. The summed E-state index contributed by atoms with van der Waals surface area (Å²) < 4.78 is 5.44. The molecule has 0 saturated carbocycles. The van der Waals surface area contributed by atoms with Gasteiger partial charge in [-0.1, -0.05) is 18.9 Å². The Labute approximate surface area is 117 Å². The minimum atomic E-state index is 0.261. The highest BCUT2D eigenvalue weighted by Gasteiger charge is 2.08. The van der Waals surface area contributed by atoms with Crippen molar-refractivity contribution in [2.45, 2.75) is 34.2 Å². The summed E-state index contributed by atoms with van der Waals surface area (Å²) >= 11 is 0. The molecule has 20 heavy (non-hydrogen) atoms. The van der Waals surface area contributed by atoms with E-state index >= 15 is 0 Å². The van der Waals surface area contributed by atoms with Crippen LogP contribution in [-0.2, 0) is 6.54 Å². The standard InChI is InChI=1S/C12H19N7O/c1-7(2)5-13-6-10-17-19-12(20-10)15-11-14-8(3)9(4)16-18-11/h7,13H,5-6H2,1-4H3,(H,14,15,18,19). The molecule has 8 nitrogen and oxygen atoms in total. The smallest absolute Gasteiger partial charge is 0.322 e. The number of aromatic nitrogens is 5. The van der Waals surface area contributed by atoms with E-state index in [1.807, 2.05) is 13.8 Å². The van der Waals surface area contributed by atoms with Crippen LogP contribution in [0.1, 0.15) is 31.1 Å². The summed E-state index contributed by atoms with van der Waals surface area (Å²) in [6.07, 6.45) is 0. The Morgan fingerprint density at radius 2 is 1.85 bits per heavy atom. The van der Waals surface area contributed by atoms with Gasteiger partial charge in [0.1, 0.15) is 0 Å². The lowest BCUT2D eigenvalue weighted by Crippen LogP contribution is -2.19. The summed E-state index contributed by atoms with van der Waals surface area (Å²) in [6, 6.07) is 0.261.